The van der Waals surface area contributed by atoms with Crippen LogP contribution in [0.25, 0.3) is 0 Å². The van der Waals surface area contributed by atoms with Crippen LogP contribution in [0.1, 0.15) is 19.6 Å². The van der Waals surface area contributed by atoms with E-state index in [1.807, 2.05) is 13.8 Å². The zero-order chi connectivity index (χ0) is 10.3. The lowest BCUT2D eigenvalue weighted by molar-refractivity contribution is 0.244. The molecule has 0 unspecified atom stereocenters. The van der Waals surface area contributed by atoms with Gasteiger partial charge in [0.15, 0.2) is 5.69 Å². The maximum absolute atomic E-state index is 10.8. The smallest absolute Gasteiger partial charge is 0.214 e. The first-order valence-corrected chi connectivity index (χ1v) is 3.84. The van der Waals surface area contributed by atoms with Crippen LogP contribution in [-0.2, 0) is 6.61 Å². The Bertz CT molecular complexity index is 318. The summed E-state index contributed by atoms with van der Waals surface area (Å²) in [7, 11) is 0. The minimum Gasteiger partial charge on any atom is -0.464 e. The van der Waals surface area contributed by atoms with Crippen molar-refractivity contribution >= 4 is 5.69 Å². The third-order valence-electron chi connectivity index (χ3n) is 1.12. The Hall–Kier alpha value is -1.49. The van der Waals surface area contributed by atoms with Gasteiger partial charge in [0.2, 0.25) is 5.43 Å². The van der Waals surface area contributed by atoms with E-state index in [-0.39, 0.29) is 18.1 Å². The minimum absolute atomic E-state index is 0.113. The molecule has 0 saturated heterocycles. The Morgan fingerprint density at radius 1 is 1.54 bits per heavy atom. The summed E-state index contributed by atoms with van der Waals surface area (Å²) in [6.45, 7) is 3.63. The van der Waals surface area contributed by atoms with Gasteiger partial charge in [-0.05, 0) is 5.18 Å². The van der Waals surface area contributed by atoms with E-state index in [2.05, 4.69) is 9.59 Å². The molecular weight excluding hydrogens is 174 g/mol. The van der Waals surface area contributed by atoms with E-state index < -0.39 is 5.43 Å². The fourth-order valence-electron chi connectivity index (χ4n) is 0.593. The van der Waals surface area contributed by atoms with Crippen molar-refractivity contribution in [3.63, 3.8) is 0 Å². The van der Waals surface area contributed by atoms with E-state index in [0.717, 1.165) is 12.3 Å². The summed E-state index contributed by atoms with van der Waals surface area (Å²) in [5.74, 6) is 0.113. The van der Waals surface area contributed by atoms with Crippen LogP contribution in [0.15, 0.2) is 26.7 Å². The van der Waals surface area contributed by atoms with Crippen molar-refractivity contribution in [2.24, 2.45) is 5.18 Å². The van der Waals surface area contributed by atoms with E-state index in [1.165, 1.54) is 0 Å². The average Bonchev–Trinajstić information content (AvgIpc) is 2.20. The Balaban J connectivity index is 0.000000671. The van der Waals surface area contributed by atoms with Gasteiger partial charge in [-0.25, -0.2) is 0 Å². The number of nitrogens with zero attached hydrogens (tertiary/aromatic N) is 1. The number of aliphatic hydroxyl groups is 1. The molecular formula is C8H11NO4. The zero-order valence-electron chi connectivity index (χ0n) is 7.48. The highest BCUT2D eigenvalue weighted by Gasteiger charge is 2.01. The monoisotopic (exact) mass is 185 g/mol. The molecule has 0 aliphatic heterocycles. The van der Waals surface area contributed by atoms with Crippen molar-refractivity contribution in [1.29, 1.82) is 0 Å². The number of nitroso groups, excluding NO2 is 1. The van der Waals surface area contributed by atoms with Crippen molar-refractivity contribution in [1.82, 2.24) is 0 Å². The van der Waals surface area contributed by atoms with Gasteiger partial charge in [0, 0.05) is 6.07 Å². The second-order valence-electron chi connectivity index (χ2n) is 1.85. The molecule has 1 rings (SSSR count). The first-order chi connectivity index (χ1) is 6.27. The lowest BCUT2D eigenvalue weighted by Gasteiger charge is -1.91. The molecule has 0 aliphatic rings. The molecule has 72 valence electrons. The molecule has 0 bridgehead atoms. The molecule has 0 aliphatic carbocycles. The molecule has 0 atom stereocenters. The summed E-state index contributed by atoms with van der Waals surface area (Å²) in [4.78, 5) is 20.6. The topological polar surface area (TPSA) is 79.9 Å². The van der Waals surface area contributed by atoms with Crippen molar-refractivity contribution in [2.75, 3.05) is 0 Å². The van der Waals surface area contributed by atoms with Gasteiger partial charge < -0.3 is 9.52 Å². The van der Waals surface area contributed by atoms with Crippen LogP contribution < -0.4 is 5.43 Å². The van der Waals surface area contributed by atoms with Gasteiger partial charge in [-0.15, -0.1) is 4.91 Å². The van der Waals surface area contributed by atoms with Gasteiger partial charge >= 0.3 is 0 Å². The highest BCUT2D eigenvalue weighted by molar-refractivity contribution is 5.31. The van der Waals surface area contributed by atoms with Crippen molar-refractivity contribution < 1.29 is 9.52 Å². The molecule has 5 nitrogen and oxygen atoms in total. The quantitative estimate of drug-likeness (QED) is 0.709. The highest BCUT2D eigenvalue weighted by atomic mass is 16.4. The van der Waals surface area contributed by atoms with Crippen LogP contribution in [0.3, 0.4) is 0 Å². The van der Waals surface area contributed by atoms with Crippen LogP contribution in [0.4, 0.5) is 5.69 Å². The molecule has 0 amide bonds. The van der Waals surface area contributed by atoms with Gasteiger partial charge in [-0.1, -0.05) is 13.8 Å². The summed E-state index contributed by atoms with van der Waals surface area (Å²) >= 11 is 0. The number of rotatable bonds is 2. The molecule has 1 heterocycles. The predicted molar refractivity (Wildman–Crippen MR) is 47.7 cm³/mol. The number of hydrogen-bond donors (Lipinski definition) is 1. The number of aliphatic hydroxyl groups excluding tert-OH is 1. The first-order valence-electron chi connectivity index (χ1n) is 3.84. The largest absolute Gasteiger partial charge is 0.464 e. The van der Waals surface area contributed by atoms with Gasteiger partial charge in [0.05, 0.1) is 0 Å². The summed E-state index contributed by atoms with van der Waals surface area (Å²) in [6, 6.07) is 1.02. The molecule has 13 heavy (non-hydrogen) atoms. The van der Waals surface area contributed by atoms with Crippen molar-refractivity contribution in [2.45, 2.75) is 20.5 Å². The van der Waals surface area contributed by atoms with Gasteiger partial charge in [0.1, 0.15) is 18.6 Å². The van der Waals surface area contributed by atoms with E-state index in [4.69, 9.17) is 5.11 Å². The third-order valence-corrected chi connectivity index (χ3v) is 1.12. The molecule has 5 heteroatoms. The van der Waals surface area contributed by atoms with E-state index in [9.17, 15) is 9.70 Å². The van der Waals surface area contributed by atoms with Crippen LogP contribution in [0, 0.1) is 4.91 Å². The Kier molecular flexibility index (Phi) is 5.38. The highest BCUT2D eigenvalue weighted by Crippen LogP contribution is 2.05. The Labute approximate surface area is 75.0 Å². The fourth-order valence-corrected chi connectivity index (χ4v) is 0.593. The Morgan fingerprint density at radius 2 is 2.15 bits per heavy atom. The van der Waals surface area contributed by atoms with Crippen molar-refractivity contribution in [3.05, 3.63) is 33.2 Å². The SMILES string of the molecule is CC.O=Nc1coc(CO)cc1=O. The standard InChI is InChI=1S/C6H5NO4.C2H6/c8-2-4-1-6(9)5(7-10)3-11-4;1-2/h1,3,8H,2H2;1-2H3. The molecule has 1 N–H and O–H groups in total. The normalized spacial score (nSPS) is 8.54. The molecule has 1 aromatic heterocycles. The van der Waals surface area contributed by atoms with Crippen molar-refractivity contribution in [3.8, 4) is 0 Å². The molecule has 0 aromatic carbocycles. The molecule has 0 fully saturated rings. The molecule has 0 spiro atoms. The fraction of sp³-hybridized carbons (Fsp3) is 0.375. The third kappa shape index (κ3) is 3.16. The number of hydrogen-bond acceptors (Lipinski definition) is 5. The van der Waals surface area contributed by atoms with E-state index in [1.54, 1.807) is 0 Å². The van der Waals surface area contributed by atoms with Crippen LogP contribution >= 0.6 is 0 Å². The van der Waals surface area contributed by atoms with Gasteiger partial charge in [-0.2, -0.15) is 0 Å². The lowest BCUT2D eigenvalue weighted by Crippen LogP contribution is -1.99. The minimum atomic E-state index is -0.546. The lowest BCUT2D eigenvalue weighted by atomic mass is 10.4. The summed E-state index contributed by atoms with van der Waals surface area (Å²) in [5.41, 5.74) is -0.836. The van der Waals surface area contributed by atoms with Gasteiger partial charge in [0.25, 0.3) is 0 Å². The average molecular weight is 185 g/mol. The summed E-state index contributed by atoms with van der Waals surface area (Å²) in [6.07, 6.45) is 0.918. The maximum Gasteiger partial charge on any atom is 0.214 e. The first kappa shape index (κ1) is 11.5. The molecule has 0 saturated carbocycles. The zero-order valence-corrected chi connectivity index (χ0v) is 7.48. The summed E-state index contributed by atoms with van der Waals surface area (Å²) < 4.78 is 4.64. The second kappa shape index (κ2) is 6.07. The van der Waals surface area contributed by atoms with Crippen LogP contribution in [-0.4, -0.2) is 5.11 Å². The predicted octanol–water partition coefficient (Wildman–Crippen LogP) is 1.56. The summed E-state index contributed by atoms with van der Waals surface area (Å²) in [5, 5.41) is 10.9. The second-order valence-corrected chi connectivity index (χ2v) is 1.85. The van der Waals surface area contributed by atoms with Crippen LogP contribution in [0.2, 0.25) is 0 Å². The van der Waals surface area contributed by atoms with E-state index >= 15 is 0 Å². The van der Waals surface area contributed by atoms with Gasteiger partial charge in [-0.3, -0.25) is 4.79 Å². The maximum atomic E-state index is 10.8. The Morgan fingerprint density at radius 3 is 2.54 bits per heavy atom. The molecule has 1 aromatic rings. The molecule has 0 radical (unpaired) electrons. The van der Waals surface area contributed by atoms with Crippen LogP contribution in [0.5, 0.6) is 0 Å². The van der Waals surface area contributed by atoms with E-state index in [0.29, 0.717) is 0 Å².